The maximum absolute atomic E-state index is 13.7. The average Bonchev–Trinajstić information content (AvgIpc) is 2.89. The summed E-state index contributed by atoms with van der Waals surface area (Å²) in [5.74, 6) is -1.54. The Bertz CT molecular complexity index is 1370. The number of nitrogens with one attached hydrogen (secondary N) is 3. The second-order valence-corrected chi connectivity index (χ2v) is 8.78. The van der Waals surface area contributed by atoms with E-state index in [1.165, 1.54) is 17.9 Å². The van der Waals surface area contributed by atoms with Crippen LogP contribution in [0.25, 0.3) is 0 Å². The maximum atomic E-state index is 13.7. The summed E-state index contributed by atoms with van der Waals surface area (Å²) in [6, 6.07) is 17.6. The van der Waals surface area contributed by atoms with E-state index < -0.39 is 30.6 Å². The van der Waals surface area contributed by atoms with Crippen LogP contribution in [0.2, 0.25) is 0 Å². The van der Waals surface area contributed by atoms with Gasteiger partial charge in [-0.3, -0.25) is 14.5 Å². The predicted octanol–water partition coefficient (Wildman–Crippen LogP) is 4.67. The van der Waals surface area contributed by atoms with Crippen LogP contribution in [0, 0.1) is 6.92 Å². The molecule has 0 aliphatic carbocycles. The van der Waals surface area contributed by atoms with Gasteiger partial charge in [0.15, 0.2) is 0 Å². The summed E-state index contributed by atoms with van der Waals surface area (Å²) in [5, 5.41) is 17.7. The number of carbonyl (C=O) groups is 4. The van der Waals surface area contributed by atoms with Crippen LogP contribution in [0.15, 0.2) is 66.7 Å². The number of hydrogen-bond donors (Lipinski definition) is 4. The first kappa shape index (κ1) is 28.9. The highest BCUT2D eigenvalue weighted by molar-refractivity contribution is 6.11. The first-order chi connectivity index (χ1) is 18.6. The van der Waals surface area contributed by atoms with E-state index >= 15 is 0 Å². The molecule has 3 aromatic carbocycles. The summed E-state index contributed by atoms with van der Waals surface area (Å²) >= 11 is 0. The number of carbonyl (C=O) groups excluding carboxylic acids is 4. The highest BCUT2D eigenvalue weighted by Crippen LogP contribution is 2.35. The van der Waals surface area contributed by atoms with Crippen LogP contribution >= 0.6 is 0 Å². The lowest BCUT2D eigenvalue weighted by Crippen LogP contribution is -2.40. The fraction of sp³-hybridized carbons (Fsp3) is 0.241. The summed E-state index contributed by atoms with van der Waals surface area (Å²) in [5.41, 5.74) is 2.89. The largest absolute Gasteiger partial charge is 0.462 e. The third kappa shape index (κ3) is 7.65. The number of para-hydroxylation sites is 1. The summed E-state index contributed by atoms with van der Waals surface area (Å²) in [4.78, 5) is 52.3. The molecule has 4 amide bonds. The quantitative estimate of drug-likeness (QED) is 0.296. The van der Waals surface area contributed by atoms with Crippen molar-refractivity contribution in [3.63, 3.8) is 0 Å². The minimum atomic E-state index is -0.712. The molecular weight excluding hydrogens is 500 g/mol. The van der Waals surface area contributed by atoms with E-state index in [0.29, 0.717) is 22.6 Å². The molecule has 10 nitrogen and oxygen atoms in total. The van der Waals surface area contributed by atoms with E-state index in [2.05, 4.69) is 16.0 Å². The van der Waals surface area contributed by atoms with Gasteiger partial charge in [0.25, 0.3) is 5.91 Å². The van der Waals surface area contributed by atoms with Gasteiger partial charge in [0.1, 0.15) is 0 Å². The molecule has 3 rings (SSSR count). The van der Waals surface area contributed by atoms with E-state index in [9.17, 15) is 24.3 Å². The van der Waals surface area contributed by atoms with Gasteiger partial charge in [-0.1, -0.05) is 30.3 Å². The lowest BCUT2D eigenvalue weighted by atomic mass is 10.1. The van der Waals surface area contributed by atoms with Crippen LogP contribution in [-0.4, -0.2) is 42.1 Å². The average molecular weight is 533 g/mol. The van der Waals surface area contributed by atoms with E-state index in [1.54, 1.807) is 74.5 Å². The molecule has 0 radical (unpaired) electrons. The number of esters is 1. The van der Waals surface area contributed by atoms with Crippen LogP contribution in [0.5, 0.6) is 0 Å². The molecule has 0 bridgehead atoms. The Balaban J connectivity index is 1.96. The van der Waals surface area contributed by atoms with Gasteiger partial charge < -0.3 is 25.8 Å². The van der Waals surface area contributed by atoms with E-state index in [0.717, 1.165) is 5.56 Å². The normalized spacial score (nSPS) is 11.2. The van der Waals surface area contributed by atoms with Gasteiger partial charge in [0.05, 0.1) is 41.9 Å². The van der Waals surface area contributed by atoms with E-state index in [4.69, 9.17) is 4.74 Å². The zero-order chi connectivity index (χ0) is 28.5. The second kappa shape index (κ2) is 13.2. The summed E-state index contributed by atoms with van der Waals surface area (Å²) in [6.07, 6.45) is -0.712. The number of amides is 4. The second-order valence-electron chi connectivity index (χ2n) is 8.78. The third-order valence-electron chi connectivity index (χ3n) is 5.62. The predicted molar refractivity (Wildman–Crippen MR) is 149 cm³/mol. The van der Waals surface area contributed by atoms with Crippen LogP contribution in [-0.2, 0) is 14.3 Å². The Morgan fingerprint density at radius 3 is 2.38 bits per heavy atom. The van der Waals surface area contributed by atoms with Crippen molar-refractivity contribution < 1.29 is 29.0 Å². The van der Waals surface area contributed by atoms with Gasteiger partial charge in [-0.05, 0) is 68.3 Å². The van der Waals surface area contributed by atoms with Gasteiger partial charge in [0.2, 0.25) is 5.91 Å². The molecule has 3 aromatic rings. The Hall–Kier alpha value is -4.70. The Morgan fingerprint density at radius 2 is 1.69 bits per heavy atom. The molecule has 0 aliphatic heterocycles. The third-order valence-corrected chi connectivity index (χ3v) is 5.62. The standard InChI is InChI=1S/C29H32N4O6/c1-5-39-28(37)23-11-6-7-12-25(23)33(26-15-18(2)13-14-24(26)31-20(4)35)27(36)17-30-29(38)32-22-10-8-9-21(16-22)19(3)34/h6-16,19,34H,5,17H2,1-4H3,(H,31,35)(H2,30,32,38). The molecule has 0 aliphatic rings. The zero-order valence-electron chi connectivity index (χ0n) is 22.3. The lowest BCUT2D eigenvalue weighted by molar-refractivity contribution is -0.117. The highest BCUT2D eigenvalue weighted by Gasteiger charge is 2.26. The molecule has 0 fully saturated rings. The Kier molecular flexibility index (Phi) is 9.77. The number of nitrogens with zero attached hydrogens (tertiary/aromatic N) is 1. The first-order valence-electron chi connectivity index (χ1n) is 12.4. The van der Waals surface area contributed by atoms with Crippen LogP contribution < -0.4 is 20.9 Å². The molecule has 10 heteroatoms. The number of anilines is 4. The van der Waals surface area contributed by atoms with Gasteiger partial charge in [-0.25, -0.2) is 9.59 Å². The van der Waals surface area contributed by atoms with Crippen molar-refractivity contribution in [3.8, 4) is 0 Å². The SMILES string of the molecule is CCOC(=O)c1ccccc1N(C(=O)CNC(=O)Nc1cccc(C(C)O)c1)c1cc(C)ccc1NC(C)=O. The molecule has 39 heavy (non-hydrogen) atoms. The fourth-order valence-corrected chi connectivity index (χ4v) is 3.86. The summed E-state index contributed by atoms with van der Waals surface area (Å²) < 4.78 is 5.20. The van der Waals surface area contributed by atoms with Crippen molar-refractivity contribution >= 4 is 46.6 Å². The number of ether oxygens (including phenoxy) is 1. The number of aryl methyl sites for hydroxylation is 1. The molecular formula is C29H32N4O6. The van der Waals surface area contributed by atoms with Crippen molar-refractivity contribution in [1.82, 2.24) is 5.32 Å². The van der Waals surface area contributed by atoms with Crippen LogP contribution in [0.3, 0.4) is 0 Å². The lowest BCUT2D eigenvalue weighted by Gasteiger charge is -2.27. The van der Waals surface area contributed by atoms with Gasteiger partial charge in [-0.2, -0.15) is 0 Å². The van der Waals surface area contributed by atoms with Gasteiger partial charge in [-0.15, -0.1) is 0 Å². The van der Waals surface area contributed by atoms with Gasteiger partial charge >= 0.3 is 12.0 Å². The van der Waals surface area contributed by atoms with E-state index in [1.807, 2.05) is 6.92 Å². The molecule has 0 saturated heterocycles. The summed E-state index contributed by atoms with van der Waals surface area (Å²) in [7, 11) is 0. The zero-order valence-corrected chi connectivity index (χ0v) is 22.3. The molecule has 0 aromatic heterocycles. The minimum Gasteiger partial charge on any atom is -0.462 e. The number of aliphatic hydroxyl groups excluding tert-OH is 1. The first-order valence-corrected chi connectivity index (χ1v) is 12.4. The smallest absolute Gasteiger partial charge is 0.340 e. The molecule has 4 N–H and O–H groups in total. The van der Waals surface area contributed by atoms with Crippen LogP contribution in [0.1, 0.15) is 48.4 Å². The van der Waals surface area contributed by atoms with Crippen molar-refractivity contribution in [1.29, 1.82) is 0 Å². The molecule has 0 heterocycles. The topological polar surface area (TPSA) is 137 Å². The monoisotopic (exact) mass is 532 g/mol. The van der Waals surface area contributed by atoms with Crippen molar-refractivity contribution in [2.75, 3.05) is 28.7 Å². The maximum Gasteiger partial charge on any atom is 0.340 e. The van der Waals surface area contributed by atoms with Gasteiger partial charge in [0, 0.05) is 12.6 Å². The fourth-order valence-electron chi connectivity index (χ4n) is 3.86. The number of urea groups is 1. The van der Waals surface area contributed by atoms with Crippen LogP contribution in [0.4, 0.5) is 27.5 Å². The Labute approximate surface area is 227 Å². The number of benzene rings is 3. The molecule has 1 atom stereocenters. The molecule has 204 valence electrons. The number of aliphatic hydroxyl groups is 1. The molecule has 0 spiro atoms. The summed E-state index contributed by atoms with van der Waals surface area (Å²) in [6.45, 7) is 6.17. The number of rotatable bonds is 9. The Morgan fingerprint density at radius 1 is 0.949 bits per heavy atom. The van der Waals surface area contributed by atoms with E-state index in [-0.39, 0.29) is 23.8 Å². The molecule has 0 saturated carbocycles. The minimum absolute atomic E-state index is 0.140. The number of hydrogen-bond acceptors (Lipinski definition) is 6. The van der Waals surface area contributed by atoms with Crippen molar-refractivity contribution in [2.24, 2.45) is 0 Å². The van der Waals surface area contributed by atoms with Crippen molar-refractivity contribution in [2.45, 2.75) is 33.8 Å². The highest BCUT2D eigenvalue weighted by atomic mass is 16.5. The molecule has 1 unspecified atom stereocenters. The van der Waals surface area contributed by atoms with Crippen molar-refractivity contribution in [3.05, 3.63) is 83.4 Å².